The molecule has 0 aliphatic carbocycles. The van der Waals surface area contributed by atoms with Crippen molar-refractivity contribution in [2.45, 2.75) is 64.2 Å². The third-order valence-corrected chi connectivity index (χ3v) is 4.93. The van der Waals surface area contributed by atoms with Crippen molar-refractivity contribution in [3.8, 4) is 0 Å². The third kappa shape index (κ3) is 2.90. The summed E-state index contributed by atoms with van der Waals surface area (Å²) in [7, 11) is -2.21. The molecule has 2 rings (SSSR count). The second-order valence-corrected chi connectivity index (χ2v) is 11.7. The Kier molecular flexibility index (Phi) is 3.75. The average Bonchev–Trinajstić information content (AvgIpc) is 2.78. The van der Waals surface area contributed by atoms with Gasteiger partial charge in [-0.1, -0.05) is 19.6 Å². The molecule has 114 valence electrons. The Morgan fingerprint density at radius 3 is 2.30 bits per heavy atom. The van der Waals surface area contributed by atoms with Gasteiger partial charge in [-0.05, 0) is 13.8 Å². The molecule has 2 fully saturated rings. The van der Waals surface area contributed by atoms with E-state index in [1.807, 2.05) is 0 Å². The van der Waals surface area contributed by atoms with Gasteiger partial charge in [0.15, 0.2) is 29.0 Å². The molecule has 0 aromatic rings. The summed E-state index contributed by atoms with van der Waals surface area (Å²) in [6.07, 6.45) is -1.29. The lowest BCUT2D eigenvalue weighted by molar-refractivity contribution is -0.203. The summed E-state index contributed by atoms with van der Waals surface area (Å²) in [6, 6.07) is 0. The number of rotatable bonds is 3. The number of fused-ring (bicyclic) bond motifs is 1. The molecule has 0 aromatic heterocycles. The summed E-state index contributed by atoms with van der Waals surface area (Å²) in [5, 5.41) is 19.5. The zero-order chi connectivity index (χ0) is 15.3. The number of aliphatic hydroxyl groups is 2. The van der Waals surface area contributed by atoms with Crippen LogP contribution in [0.4, 0.5) is 0 Å². The van der Waals surface area contributed by atoms with Crippen LogP contribution in [-0.4, -0.2) is 48.0 Å². The summed E-state index contributed by atoms with van der Waals surface area (Å²) in [4.78, 5) is 12.0. The van der Waals surface area contributed by atoms with E-state index in [1.54, 1.807) is 33.5 Å². The van der Waals surface area contributed by atoms with E-state index < -0.39 is 43.2 Å². The number of allylic oxidation sites excluding steroid dienone is 1. The van der Waals surface area contributed by atoms with Gasteiger partial charge in [-0.2, -0.15) is 0 Å². The van der Waals surface area contributed by atoms with Gasteiger partial charge in [-0.3, -0.25) is 4.79 Å². The minimum absolute atomic E-state index is 0.299. The van der Waals surface area contributed by atoms with Gasteiger partial charge in [0.2, 0.25) is 0 Å². The lowest BCUT2D eigenvalue weighted by Crippen LogP contribution is -2.36. The molecule has 6 nitrogen and oxygen atoms in total. The fourth-order valence-electron chi connectivity index (χ4n) is 2.31. The summed E-state index contributed by atoms with van der Waals surface area (Å²) < 4.78 is 16.7. The molecule has 3 atom stereocenters. The molecule has 20 heavy (non-hydrogen) atoms. The number of carbonyl (C=O) groups is 1. The Morgan fingerprint density at radius 2 is 1.80 bits per heavy atom. The summed E-state index contributed by atoms with van der Waals surface area (Å²) in [5.74, 6) is -1.72. The predicted octanol–water partition coefficient (Wildman–Crippen LogP) is 2.03. The Morgan fingerprint density at radius 1 is 1.20 bits per heavy atom. The van der Waals surface area contributed by atoms with Crippen molar-refractivity contribution < 1.29 is 29.2 Å². The smallest absolute Gasteiger partial charge is 0.194 e. The van der Waals surface area contributed by atoms with E-state index in [1.165, 1.54) is 0 Å². The van der Waals surface area contributed by atoms with Crippen LogP contribution in [0.1, 0.15) is 20.3 Å². The molecule has 0 aromatic carbocycles. The molecule has 0 spiro atoms. The van der Waals surface area contributed by atoms with Crippen LogP contribution in [0.15, 0.2) is 11.5 Å². The molecule has 0 unspecified atom stereocenters. The van der Waals surface area contributed by atoms with E-state index in [-0.39, 0.29) is 6.10 Å². The molecule has 2 N–H and O–H groups in total. The fourth-order valence-corrected chi connectivity index (χ4v) is 3.15. The summed E-state index contributed by atoms with van der Waals surface area (Å²) in [5.41, 5.74) is 0. The minimum atomic E-state index is -2.21. The Hall–Kier alpha value is -0.893. The Balaban J connectivity index is 2.10. The maximum Gasteiger partial charge on any atom is 0.194 e. The summed E-state index contributed by atoms with van der Waals surface area (Å²) >= 11 is 0. The van der Waals surface area contributed by atoms with Gasteiger partial charge < -0.3 is 24.4 Å². The van der Waals surface area contributed by atoms with Crippen LogP contribution in [0.3, 0.4) is 0 Å². The molecular weight excluding hydrogens is 280 g/mol. The van der Waals surface area contributed by atoms with E-state index in [9.17, 15) is 15.0 Å². The standard InChI is InChI=1S/C13H22O6Si/c1-13(2)18-8-6-7(17-12(8)19-13)9(14)10(15)11(16)20(3,4)5/h7-8,12,14-15H,6H2,1-5H3/b10-9+/t7-,8+,12+/m0/s1. The zero-order valence-electron chi connectivity index (χ0n) is 12.5. The lowest BCUT2D eigenvalue weighted by Gasteiger charge is -2.21. The Bertz CT molecular complexity index is 434. The van der Waals surface area contributed by atoms with Crippen molar-refractivity contribution in [3.63, 3.8) is 0 Å². The highest BCUT2D eigenvalue weighted by atomic mass is 28.3. The topological polar surface area (TPSA) is 85.2 Å². The molecule has 0 amide bonds. The van der Waals surface area contributed by atoms with Gasteiger partial charge in [0.1, 0.15) is 20.3 Å². The highest BCUT2D eigenvalue weighted by molar-refractivity contribution is 7.05. The van der Waals surface area contributed by atoms with Gasteiger partial charge >= 0.3 is 0 Å². The van der Waals surface area contributed by atoms with Gasteiger partial charge in [0, 0.05) is 6.42 Å². The molecule has 0 radical (unpaired) electrons. The molecule has 2 heterocycles. The van der Waals surface area contributed by atoms with Crippen molar-refractivity contribution in [2.24, 2.45) is 0 Å². The van der Waals surface area contributed by atoms with Gasteiger partial charge in [0.05, 0.1) is 0 Å². The normalized spacial score (nSPS) is 33.8. The number of carbonyl (C=O) groups excluding carboxylic acids is 1. The molecule has 2 aliphatic heterocycles. The minimum Gasteiger partial charge on any atom is -0.506 e. The van der Waals surface area contributed by atoms with Crippen molar-refractivity contribution in [2.75, 3.05) is 0 Å². The monoisotopic (exact) mass is 302 g/mol. The zero-order valence-corrected chi connectivity index (χ0v) is 13.5. The van der Waals surface area contributed by atoms with Crippen LogP contribution in [0, 0.1) is 0 Å². The quantitative estimate of drug-likeness (QED) is 0.471. The van der Waals surface area contributed by atoms with Crippen LogP contribution in [0.25, 0.3) is 0 Å². The van der Waals surface area contributed by atoms with Crippen molar-refractivity contribution in [3.05, 3.63) is 11.5 Å². The van der Waals surface area contributed by atoms with E-state index in [4.69, 9.17) is 14.2 Å². The molecular formula is C13H22O6Si. The molecule has 0 bridgehead atoms. The number of hydrogen-bond acceptors (Lipinski definition) is 6. The maximum atomic E-state index is 12.0. The van der Waals surface area contributed by atoms with Gasteiger partial charge in [-0.15, -0.1) is 0 Å². The third-order valence-electron chi connectivity index (χ3n) is 3.33. The number of hydrogen-bond donors (Lipinski definition) is 2. The van der Waals surface area contributed by atoms with Crippen molar-refractivity contribution in [1.82, 2.24) is 0 Å². The first kappa shape index (κ1) is 15.5. The lowest BCUT2D eigenvalue weighted by atomic mass is 10.1. The van der Waals surface area contributed by atoms with Crippen LogP contribution in [0.2, 0.25) is 19.6 Å². The van der Waals surface area contributed by atoms with Crippen LogP contribution in [0.5, 0.6) is 0 Å². The second kappa shape index (κ2) is 4.83. The molecule has 7 heteroatoms. The number of ether oxygens (including phenoxy) is 3. The largest absolute Gasteiger partial charge is 0.506 e. The molecule has 0 saturated carbocycles. The first-order chi connectivity index (χ1) is 9.01. The van der Waals surface area contributed by atoms with Gasteiger partial charge in [-0.25, -0.2) is 0 Å². The highest BCUT2D eigenvalue weighted by Crippen LogP contribution is 2.39. The Labute approximate surface area is 119 Å². The SMILES string of the molecule is CC1(C)O[C@H]2O[C@H](/C(O)=C(\O)C(=O)[Si](C)(C)C)C[C@H]2O1. The van der Waals surface area contributed by atoms with Gasteiger partial charge in [0.25, 0.3) is 0 Å². The maximum absolute atomic E-state index is 12.0. The molecule has 2 aliphatic rings. The predicted molar refractivity (Wildman–Crippen MR) is 74.0 cm³/mol. The first-order valence-corrected chi connectivity index (χ1v) is 10.2. The first-order valence-electron chi connectivity index (χ1n) is 6.69. The van der Waals surface area contributed by atoms with E-state index >= 15 is 0 Å². The van der Waals surface area contributed by atoms with E-state index in [2.05, 4.69) is 0 Å². The van der Waals surface area contributed by atoms with Crippen molar-refractivity contribution >= 4 is 13.5 Å². The number of aliphatic hydroxyl groups excluding tert-OH is 2. The highest BCUT2D eigenvalue weighted by Gasteiger charge is 2.50. The molecule has 2 saturated heterocycles. The average molecular weight is 302 g/mol. The summed E-state index contributed by atoms with van der Waals surface area (Å²) in [6.45, 7) is 8.98. The van der Waals surface area contributed by atoms with Crippen LogP contribution in [-0.2, 0) is 19.0 Å². The van der Waals surface area contributed by atoms with Crippen LogP contribution < -0.4 is 0 Å². The van der Waals surface area contributed by atoms with E-state index in [0.29, 0.717) is 6.42 Å². The van der Waals surface area contributed by atoms with E-state index in [0.717, 1.165) is 0 Å². The van der Waals surface area contributed by atoms with Crippen molar-refractivity contribution in [1.29, 1.82) is 0 Å². The fraction of sp³-hybridized carbons (Fsp3) is 0.769. The second-order valence-electron chi connectivity index (χ2n) is 6.72. The van der Waals surface area contributed by atoms with Crippen LogP contribution >= 0.6 is 0 Å².